The van der Waals surface area contributed by atoms with E-state index in [0.717, 1.165) is 24.7 Å². The molecule has 2 atom stereocenters. The standard InChI is InChI=1S/C22H18F2N2O3/c1-25-8-12-3-2-11(4-13(12)9-25)14-6-19-15(5-17(14)23)21(27)16(22(28)29)10-26(19)20-7-18(20)24/h2-6,10,18,20H,7-9H2,1H3,(H,28,29)/t18-,20+/m0/s1. The third kappa shape index (κ3) is 2.84. The zero-order chi connectivity index (χ0) is 20.4. The van der Waals surface area contributed by atoms with Gasteiger partial charge in [-0.05, 0) is 41.9 Å². The van der Waals surface area contributed by atoms with E-state index in [1.54, 1.807) is 0 Å². The number of aromatic nitrogens is 1. The van der Waals surface area contributed by atoms with Gasteiger partial charge < -0.3 is 9.67 Å². The van der Waals surface area contributed by atoms with Gasteiger partial charge in [-0.25, -0.2) is 13.6 Å². The fourth-order valence-electron chi connectivity index (χ4n) is 4.19. The number of aromatic carboxylic acids is 1. The zero-order valence-electron chi connectivity index (χ0n) is 15.7. The maximum atomic E-state index is 15.0. The van der Waals surface area contributed by atoms with E-state index in [9.17, 15) is 23.5 Å². The third-order valence-corrected chi connectivity index (χ3v) is 5.79. The van der Waals surface area contributed by atoms with Crippen molar-refractivity contribution in [3.05, 3.63) is 69.3 Å². The van der Waals surface area contributed by atoms with Gasteiger partial charge in [0.15, 0.2) is 0 Å². The summed E-state index contributed by atoms with van der Waals surface area (Å²) in [5.41, 5.74) is 2.40. The Hall–Kier alpha value is -3.06. The number of pyridine rings is 1. The molecule has 0 spiro atoms. The average Bonchev–Trinajstić information content (AvgIpc) is 3.27. The van der Waals surface area contributed by atoms with Crippen LogP contribution in [0.15, 0.2) is 41.3 Å². The summed E-state index contributed by atoms with van der Waals surface area (Å²) >= 11 is 0. The molecule has 0 saturated heterocycles. The van der Waals surface area contributed by atoms with Gasteiger partial charge in [0.1, 0.15) is 17.6 Å². The van der Waals surface area contributed by atoms with Crippen molar-refractivity contribution < 1.29 is 18.7 Å². The summed E-state index contributed by atoms with van der Waals surface area (Å²) in [5.74, 6) is -2.02. The van der Waals surface area contributed by atoms with Gasteiger partial charge in [0.05, 0.1) is 11.6 Å². The van der Waals surface area contributed by atoms with Crippen molar-refractivity contribution >= 4 is 16.9 Å². The normalized spacial score (nSPS) is 20.8. The van der Waals surface area contributed by atoms with Crippen LogP contribution < -0.4 is 5.43 Å². The van der Waals surface area contributed by atoms with Crippen molar-refractivity contribution in [3.63, 3.8) is 0 Å². The second-order valence-electron chi connectivity index (χ2n) is 7.91. The Morgan fingerprint density at radius 3 is 2.59 bits per heavy atom. The Balaban J connectivity index is 1.74. The van der Waals surface area contributed by atoms with Crippen molar-refractivity contribution in [2.45, 2.75) is 31.7 Å². The highest BCUT2D eigenvalue weighted by Crippen LogP contribution is 2.41. The fourth-order valence-corrected chi connectivity index (χ4v) is 4.19. The van der Waals surface area contributed by atoms with Crippen LogP contribution in [0.4, 0.5) is 8.78 Å². The molecular formula is C22H18F2N2O3. The Morgan fingerprint density at radius 2 is 1.90 bits per heavy atom. The van der Waals surface area contributed by atoms with Gasteiger partial charge >= 0.3 is 5.97 Å². The molecule has 0 radical (unpaired) electrons. The number of rotatable bonds is 3. The average molecular weight is 396 g/mol. The van der Waals surface area contributed by atoms with Crippen molar-refractivity contribution in [2.75, 3.05) is 7.05 Å². The molecule has 29 heavy (non-hydrogen) atoms. The second kappa shape index (κ2) is 6.22. The minimum atomic E-state index is -1.41. The van der Waals surface area contributed by atoms with Crippen LogP contribution in [0, 0.1) is 5.82 Å². The first-order chi connectivity index (χ1) is 13.8. The minimum Gasteiger partial charge on any atom is -0.477 e. The molecule has 1 aliphatic heterocycles. The van der Waals surface area contributed by atoms with Crippen molar-refractivity contribution in [1.29, 1.82) is 0 Å². The summed E-state index contributed by atoms with van der Waals surface area (Å²) in [6.45, 7) is 1.61. The van der Waals surface area contributed by atoms with Gasteiger partial charge in [0.2, 0.25) is 5.43 Å². The lowest BCUT2D eigenvalue weighted by atomic mass is 9.98. The van der Waals surface area contributed by atoms with Crippen LogP contribution >= 0.6 is 0 Å². The number of carboxylic acid groups (broad SMARTS) is 1. The monoisotopic (exact) mass is 396 g/mol. The number of halogens is 2. The molecule has 1 N–H and O–H groups in total. The number of hydrogen-bond donors (Lipinski definition) is 1. The highest BCUT2D eigenvalue weighted by atomic mass is 19.1. The molecule has 1 fully saturated rings. The Bertz CT molecular complexity index is 1250. The second-order valence-corrected chi connectivity index (χ2v) is 7.91. The number of benzene rings is 2. The molecular weight excluding hydrogens is 378 g/mol. The van der Waals surface area contributed by atoms with Crippen LogP contribution in [-0.2, 0) is 13.1 Å². The molecule has 3 aromatic rings. The molecule has 0 unspecified atom stereocenters. The van der Waals surface area contributed by atoms with Crippen LogP contribution in [0.25, 0.3) is 22.0 Å². The van der Waals surface area contributed by atoms with Crippen molar-refractivity contribution in [3.8, 4) is 11.1 Å². The molecule has 1 aromatic heterocycles. The summed E-state index contributed by atoms with van der Waals surface area (Å²) in [5, 5.41) is 9.28. The Morgan fingerprint density at radius 1 is 1.17 bits per heavy atom. The van der Waals surface area contributed by atoms with E-state index >= 15 is 0 Å². The van der Waals surface area contributed by atoms with Gasteiger partial charge in [0.25, 0.3) is 0 Å². The van der Waals surface area contributed by atoms with E-state index in [4.69, 9.17) is 0 Å². The van der Waals surface area contributed by atoms with Crippen molar-refractivity contribution in [1.82, 2.24) is 9.47 Å². The third-order valence-electron chi connectivity index (χ3n) is 5.79. The van der Waals surface area contributed by atoms with Gasteiger partial charge in [-0.3, -0.25) is 9.69 Å². The maximum absolute atomic E-state index is 15.0. The highest BCUT2D eigenvalue weighted by molar-refractivity contribution is 5.94. The van der Waals surface area contributed by atoms with E-state index in [0.29, 0.717) is 16.6 Å². The summed E-state index contributed by atoms with van der Waals surface area (Å²) in [6, 6.07) is 7.81. The summed E-state index contributed by atoms with van der Waals surface area (Å²) in [7, 11) is 2.01. The van der Waals surface area contributed by atoms with Crippen LogP contribution in [-0.4, -0.2) is 33.8 Å². The van der Waals surface area contributed by atoms with Crippen LogP contribution in [0.1, 0.15) is 33.9 Å². The molecule has 2 aromatic carbocycles. The molecule has 1 aliphatic carbocycles. The lowest BCUT2D eigenvalue weighted by molar-refractivity contribution is 0.0694. The number of carbonyl (C=O) groups is 1. The zero-order valence-corrected chi connectivity index (χ0v) is 15.7. The summed E-state index contributed by atoms with van der Waals surface area (Å²) in [4.78, 5) is 26.2. The molecule has 5 nitrogen and oxygen atoms in total. The lowest BCUT2D eigenvalue weighted by Crippen LogP contribution is -2.19. The lowest BCUT2D eigenvalue weighted by Gasteiger charge is -2.14. The minimum absolute atomic E-state index is 0.0499. The SMILES string of the molecule is CN1Cc2ccc(-c3cc4c(cc3F)c(=O)c(C(=O)O)cn4[C@@H]3C[C@@H]3F)cc2C1. The number of alkyl halides is 1. The molecule has 148 valence electrons. The van der Waals surface area contributed by atoms with Gasteiger partial charge in [0, 0.05) is 36.7 Å². The van der Waals surface area contributed by atoms with E-state index in [2.05, 4.69) is 4.90 Å². The van der Waals surface area contributed by atoms with Crippen LogP contribution in [0.5, 0.6) is 0 Å². The Labute approximate surface area is 164 Å². The van der Waals surface area contributed by atoms with E-state index < -0.39 is 35.0 Å². The van der Waals surface area contributed by atoms with Gasteiger partial charge in [-0.15, -0.1) is 0 Å². The van der Waals surface area contributed by atoms with Gasteiger partial charge in [-0.2, -0.15) is 0 Å². The van der Waals surface area contributed by atoms with Gasteiger partial charge in [-0.1, -0.05) is 12.1 Å². The quantitative estimate of drug-likeness (QED) is 0.733. The predicted octanol–water partition coefficient (Wildman–Crippen LogP) is 3.73. The maximum Gasteiger partial charge on any atom is 0.341 e. The van der Waals surface area contributed by atoms with Crippen LogP contribution in [0.2, 0.25) is 0 Å². The van der Waals surface area contributed by atoms with Crippen molar-refractivity contribution in [2.24, 2.45) is 0 Å². The summed E-state index contributed by atoms with van der Waals surface area (Å²) in [6.07, 6.45) is 0.317. The molecule has 0 bridgehead atoms. The highest BCUT2D eigenvalue weighted by Gasteiger charge is 2.40. The largest absolute Gasteiger partial charge is 0.477 e. The number of carboxylic acids is 1. The number of hydrogen-bond acceptors (Lipinski definition) is 3. The van der Waals surface area contributed by atoms with E-state index in [1.807, 2.05) is 25.2 Å². The molecule has 2 aliphatic rings. The van der Waals surface area contributed by atoms with E-state index in [-0.39, 0.29) is 11.8 Å². The molecule has 2 heterocycles. The first-order valence-electron chi connectivity index (χ1n) is 9.40. The number of nitrogens with zero attached hydrogens (tertiary/aromatic N) is 2. The molecule has 0 amide bonds. The van der Waals surface area contributed by atoms with Crippen LogP contribution in [0.3, 0.4) is 0 Å². The molecule has 7 heteroatoms. The first-order valence-corrected chi connectivity index (χ1v) is 9.40. The predicted molar refractivity (Wildman–Crippen MR) is 104 cm³/mol. The Kier molecular flexibility index (Phi) is 3.86. The number of fused-ring (bicyclic) bond motifs is 2. The topological polar surface area (TPSA) is 62.5 Å². The molecule has 1 saturated carbocycles. The first kappa shape index (κ1) is 18.0. The fraction of sp³-hybridized carbons (Fsp3) is 0.273. The smallest absolute Gasteiger partial charge is 0.341 e. The summed E-state index contributed by atoms with van der Waals surface area (Å²) < 4.78 is 30.2. The molecule has 5 rings (SSSR count). The van der Waals surface area contributed by atoms with E-state index in [1.165, 1.54) is 22.4 Å².